The predicted molar refractivity (Wildman–Crippen MR) is 109 cm³/mol. The highest BCUT2D eigenvalue weighted by Gasteiger charge is 2.35. The van der Waals surface area contributed by atoms with Crippen LogP contribution in [-0.4, -0.2) is 52.8 Å². The molecule has 160 valence electrons. The molecule has 1 N–H and O–H groups in total. The van der Waals surface area contributed by atoms with Crippen molar-refractivity contribution >= 4 is 21.6 Å². The number of aryl methyl sites for hydroxylation is 2. The zero-order valence-corrected chi connectivity index (χ0v) is 17.9. The molecule has 0 unspecified atom stereocenters. The molecule has 1 amide bonds. The molecular formula is C20H25N5O4S. The van der Waals surface area contributed by atoms with Crippen molar-refractivity contribution in [2.75, 3.05) is 19.6 Å². The fraction of sp³-hybridized carbons (Fsp3) is 0.450. The molecule has 1 fully saturated rings. The van der Waals surface area contributed by atoms with Crippen molar-refractivity contribution < 1.29 is 17.7 Å². The van der Waals surface area contributed by atoms with E-state index in [9.17, 15) is 13.2 Å². The average Bonchev–Trinajstić information content (AvgIpc) is 3.30. The van der Waals surface area contributed by atoms with E-state index in [4.69, 9.17) is 4.52 Å². The number of piperidine rings is 1. The zero-order chi connectivity index (χ0) is 21.3. The minimum Gasteiger partial charge on any atom is -0.360 e. The molecular weight excluding hydrogens is 406 g/mol. The first-order valence-electron chi connectivity index (χ1n) is 9.99. The second-order valence-corrected chi connectivity index (χ2v) is 9.45. The SMILES string of the molecule is Cc1noc(C)c1S(=O)(=O)N1CCC(C(=O)NCCc2cn3ccccc3n2)CC1. The largest absolute Gasteiger partial charge is 0.360 e. The molecule has 0 spiro atoms. The van der Waals surface area contributed by atoms with Crippen molar-refractivity contribution in [3.05, 3.63) is 47.7 Å². The molecule has 3 aromatic heterocycles. The summed E-state index contributed by atoms with van der Waals surface area (Å²) >= 11 is 0. The van der Waals surface area contributed by atoms with Crippen LogP contribution >= 0.6 is 0 Å². The van der Waals surface area contributed by atoms with E-state index in [0.29, 0.717) is 50.4 Å². The highest BCUT2D eigenvalue weighted by molar-refractivity contribution is 7.89. The van der Waals surface area contributed by atoms with E-state index in [1.807, 2.05) is 35.0 Å². The van der Waals surface area contributed by atoms with Crippen LogP contribution in [0.3, 0.4) is 0 Å². The number of aromatic nitrogens is 3. The average molecular weight is 432 g/mol. The second kappa shape index (κ2) is 8.19. The minimum absolute atomic E-state index is 0.0341. The zero-order valence-electron chi connectivity index (χ0n) is 17.0. The van der Waals surface area contributed by atoms with Gasteiger partial charge in [-0.3, -0.25) is 4.79 Å². The molecule has 0 radical (unpaired) electrons. The Hall–Kier alpha value is -2.72. The first-order chi connectivity index (χ1) is 14.4. The number of carbonyl (C=O) groups is 1. The first-order valence-corrected chi connectivity index (χ1v) is 11.4. The number of amides is 1. The normalized spacial score (nSPS) is 16.2. The summed E-state index contributed by atoms with van der Waals surface area (Å²) in [5, 5.41) is 6.70. The number of hydrogen-bond acceptors (Lipinski definition) is 6. The highest BCUT2D eigenvalue weighted by Crippen LogP contribution is 2.27. The van der Waals surface area contributed by atoms with Gasteiger partial charge in [-0.05, 0) is 38.8 Å². The summed E-state index contributed by atoms with van der Waals surface area (Å²) in [6.45, 7) is 4.32. The molecule has 1 saturated heterocycles. The van der Waals surface area contributed by atoms with E-state index in [2.05, 4.69) is 15.5 Å². The topological polar surface area (TPSA) is 110 Å². The van der Waals surface area contributed by atoms with E-state index >= 15 is 0 Å². The first kappa shape index (κ1) is 20.5. The molecule has 0 atom stereocenters. The van der Waals surface area contributed by atoms with E-state index in [-0.39, 0.29) is 16.7 Å². The van der Waals surface area contributed by atoms with Gasteiger partial charge in [-0.2, -0.15) is 4.31 Å². The van der Waals surface area contributed by atoms with E-state index in [0.717, 1.165) is 11.3 Å². The quantitative estimate of drug-likeness (QED) is 0.636. The third-order valence-electron chi connectivity index (χ3n) is 5.48. The maximum atomic E-state index is 12.9. The van der Waals surface area contributed by atoms with Crippen molar-refractivity contribution in [1.82, 2.24) is 24.2 Å². The molecule has 0 bridgehead atoms. The monoisotopic (exact) mass is 431 g/mol. The van der Waals surface area contributed by atoms with Crippen LogP contribution in [0.4, 0.5) is 0 Å². The fourth-order valence-corrected chi connectivity index (χ4v) is 5.66. The Bertz CT molecular complexity index is 1110. The molecule has 10 heteroatoms. The lowest BCUT2D eigenvalue weighted by Gasteiger charge is -2.30. The van der Waals surface area contributed by atoms with Crippen molar-refractivity contribution in [2.24, 2.45) is 5.92 Å². The summed E-state index contributed by atoms with van der Waals surface area (Å²) in [4.78, 5) is 17.2. The minimum atomic E-state index is -3.66. The van der Waals surface area contributed by atoms with Gasteiger partial charge in [-0.25, -0.2) is 13.4 Å². The Balaban J connectivity index is 1.29. The molecule has 0 saturated carbocycles. The maximum Gasteiger partial charge on any atom is 0.248 e. The molecule has 9 nitrogen and oxygen atoms in total. The van der Waals surface area contributed by atoms with Crippen molar-refractivity contribution in [3.8, 4) is 0 Å². The fourth-order valence-electron chi connectivity index (χ4n) is 3.90. The van der Waals surface area contributed by atoms with Gasteiger partial charge in [0.25, 0.3) is 0 Å². The molecule has 0 aliphatic carbocycles. The van der Waals surface area contributed by atoms with Gasteiger partial charge in [-0.1, -0.05) is 11.2 Å². The van der Waals surface area contributed by atoms with Crippen molar-refractivity contribution in [2.45, 2.75) is 38.0 Å². The third kappa shape index (κ3) is 3.97. The summed E-state index contributed by atoms with van der Waals surface area (Å²) in [6, 6.07) is 5.82. The van der Waals surface area contributed by atoms with Crippen LogP contribution in [0.1, 0.15) is 30.0 Å². The predicted octanol–water partition coefficient (Wildman–Crippen LogP) is 1.70. The summed E-state index contributed by atoms with van der Waals surface area (Å²) in [5.41, 5.74) is 2.16. The molecule has 30 heavy (non-hydrogen) atoms. The molecule has 0 aromatic carbocycles. The number of nitrogens with zero attached hydrogens (tertiary/aromatic N) is 4. The van der Waals surface area contributed by atoms with Gasteiger partial charge in [0.1, 0.15) is 16.2 Å². The highest BCUT2D eigenvalue weighted by atomic mass is 32.2. The Morgan fingerprint density at radius 2 is 2.03 bits per heavy atom. The molecule has 3 aromatic rings. The van der Waals surface area contributed by atoms with Gasteiger partial charge in [0.2, 0.25) is 15.9 Å². The summed E-state index contributed by atoms with van der Waals surface area (Å²) in [5.74, 6) is 0.0645. The number of fused-ring (bicyclic) bond motifs is 1. The number of rotatable bonds is 6. The van der Waals surface area contributed by atoms with Gasteiger partial charge in [0.05, 0.1) is 5.69 Å². The third-order valence-corrected chi connectivity index (χ3v) is 7.63. The number of imidazole rings is 1. The van der Waals surface area contributed by atoms with Gasteiger partial charge in [-0.15, -0.1) is 0 Å². The number of nitrogens with one attached hydrogen (secondary N) is 1. The number of sulfonamides is 1. The lowest BCUT2D eigenvalue weighted by atomic mass is 9.97. The van der Waals surface area contributed by atoms with E-state index < -0.39 is 10.0 Å². The van der Waals surface area contributed by atoms with Crippen LogP contribution in [0.25, 0.3) is 5.65 Å². The van der Waals surface area contributed by atoms with E-state index in [1.165, 1.54) is 4.31 Å². The maximum absolute atomic E-state index is 12.9. The van der Waals surface area contributed by atoms with Crippen LogP contribution in [-0.2, 0) is 21.2 Å². The van der Waals surface area contributed by atoms with Gasteiger partial charge >= 0.3 is 0 Å². The van der Waals surface area contributed by atoms with Gasteiger partial charge in [0, 0.05) is 44.4 Å². The summed E-state index contributed by atoms with van der Waals surface area (Å²) < 4.78 is 34.1. The van der Waals surface area contributed by atoms with Crippen LogP contribution in [0.15, 0.2) is 40.0 Å². The lowest BCUT2D eigenvalue weighted by molar-refractivity contribution is -0.126. The van der Waals surface area contributed by atoms with Crippen molar-refractivity contribution in [1.29, 1.82) is 0 Å². The number of hydrogen-bond donors (Lipinski definition) is 1. The van der Waals surface area contributed by atoms with Crippen LogP contribution in [0.5, 0.6) is 0 Å². The lowest BCUT2D eigenvalue weighted by Crippen LogP contribution is -2.43. The molecule has 4 rings (SSSR count). The Morgan fingerprint density at radius 3 is 2.70 bits per heavy atom. The smallest absolute Gasteiger partial charge is 0.248 e. The van der Waals surface area contributed by atoms with E-state index in [1.54, 1.807) is 13.8 Å². The standard InChI is InChI=1S/C20H25N5O4S/c1-14-19(15(2)29-23-14)30(27,28)25-11-7-16(8-12-25)20(26)21-9-6-17-13-24-10-4-3-5-18(24)22-17/h3-5,10,13,16H,6-9,11-12H2,1-2H3,(H,21,26). The molecule has 1 aliphatic rings. The summed E-state index contributed by atoms with van der Waals surface area (Å²) in [7, 11) is -3.66. The Kier molecular flexibility index (Phi) is 5.61. The Morgan fingerprint density at radius 1 is 1.27 bits per heavy atom. The van der Waals surface area contributed by atoms with Crippen LogP contribution in [0.2, 0.25) is 0 Å². The Labute approximate surface area is 175 Å². The van der Waals surface area contributed by atoms with Crippen molar-refractivity contribution in [3.63, 3.8) is 0 Å². The second-order valence-electron chi connectivity index (χ2n) is 7.57. The number of carbonyl (C=O) groups excluding carboxylic acids is 1. The number of pyridine rings is 1. The van der Waals surface area contributed by atoms with Crippen LogP contribution < -0.4 is 5.32 Å². The van der Waals surface area contributed by atoms with Gasteiger partial charge < -0.3 is 14.2 Å². The van der Waals surface area contributed by atoms with Crippen LogP contribution in [0, 0.1) is 19.8 Å². The van der Waals surface area contributed by atoms with Gasteiger partial charge in [0.15, 0.2) is 5.76 Å². The molecule has 4 heterocycles. The molecule has 1 aliphatic heterocycles. The summed E-state index contributed by atoms with van der Waals surface area (Å²) in [6.07, 6.45) is 5.52.